The molecule has 0 aromatic carbocycles. The predicted molar refractivity (Wildman–Crippen MR) is 118 cm³/mol. The second kappa shape index (κ2) is 12.2. The van der Waals surface area contributed by atoms with Crippen LogP contribution in [0.5, 0.6) is 0 Å². The van der Waals surface area contributed by atoms with Gasteiger partial charge in [-0.05, 0) is 32.4 Å². The fourth-order valence-corrected chi connectivity index (χ4v) is 2.95. The molecule has 1 aromatic rings. The minimum Gasteiger partial charge on any atom is -0.357 e. The molecule has 1 saturated heterocycles. The number of aryl methyl sites for hydroxylation is 1. The van der Waals surface area contributed by atoms with Crippen LogP contribution in [-0.4, -0.2) is 66.7 Å². The lowest BCUT2D eigenvalue weighted by Crippen LogP contribution is -2.45. The van der Waals surface area contributed by atoms with Crippen LogP contribution in [-0.2, 0) is 4.79 Å². The van der Waals surface area contributed by atoms with Crippen LogP contribution in [0.15, 0.2) is 23.2 Å². The summed E-state index contributed by atoms with van der Waals surface area (Å²) < 4.78 is 37.5. The first-order valence-corrected chi connectivity index (χ1v) is 9.32. The first-order chi connectivity index (χ1) is 13.2. The number of alkyl halides is 3. The highest BCUT2D eigenvalue weighted by atomic mass is 127. The van der Waals surface area contributed by atoms with Gasteiger partial charge in [0.15, 0.2) is 5.96 Å². The first-order valence-electron chi connectivity index (χ1n) is 9.32. The first kappa shape index (κ1) is 25.4. The van der Waals surface area contributed by atoms with E-state index >= 15 is 0 Å². The molecule has 1 atom stereocenters. The smallest absolute Gasteiger partial charge is 0.357 e. The Morgan fingerprint density at radius 1 is 1.38 bits per heavy atom. The minimum atomic E-state index is -4.19. The Balaban J connectivity index is 0.00000420. The van der Waals surface area contributed by atoms with Crippen molar-refractivity contribution in [2.75, 3.05) is 38.0 Å². The molecule has 11 heteroatoms. The third-order valence-electron chi connectivity index (χ3n) is 4.12. The number of nitrogens with one attached hydrogen (secondary N) is 3. The highest BCUT2D eigenvalue weighted by Gasteiger charge is 2.34. The lowest BCUT2D eigenvalue weighted by atomic mass is 10.3. The molecule has 164 valence electrons. The standard InChI is InChI=1S/C18H27F3N6O.HI/c1-3-22-17(25-14-8-10-27(11-14)12-18(19,20)21)23-9-7-16(28)26-15-6-4-5-13(2)24-15;/h4-6,14H,3,7-12H2,1-2H3,(H2,22,23,25)(H,24,26,28);1H. The quantitative estimate of drug-likeness (QED) is 0.288. The molecule has 0 radical (unpaired) electrons. The number of pyridine rings is 1. The second-order valence-electron chi connectivity index (χ2n) is 6.70. The maximum absolute atomic E-state index is 12.5. The maximum atomic E-state index is 12.5. The van der Waals surface area contributed by atoms with E-state index in [1.54, 1.807) is 6.07 Å². The molecule has 0 aliphatic carbocycles. The number of hydrogen-bond acceptors (Lipinski definition) is 4. The number of aromatic nitrogens is 1. The molecule has 7 nitrogen and oxygen atoms in total. The van der Waals surface area contributed by atoms with Crippen LogP contribution in [0.25, 0.3) is 0 Å². The Morgan fingerprint density at radius 2 is 2.14 bits per heavy atom. The molecule has 0 saturated carbocycles. The van der Waals surface area contributed by atoms with Gasteiger partial charge in [-0.25, -0.2) is 4.98 Å². The largest absolute Gasteiger partial charge is 0.401 e. The van der Waals surface area contributed by atoms with E-state index in [-0.39, 0.29) is 48.9 Å². The van der Waals surface area contributed by atoms with Gasteiger partial charge in [-0.15, -0.1) is 24.0 Å². The number of guanidine groups is 1. The monoisotopic (exact) mass is 528 g/mol. The van der Waals surface area contributed by atoms with E-state index in [2.05, 4.69) is 25.9 Å². The van der Waals surface area contributed by atoms with Gasteiger partial charge in [0.25, 0.3) is 0 Å². The molecular weight excluding hydrogens is 500 g/mol. The summed E-state index contributed by atoms with van der Waals surface area (Å²) in [6.45, 7) is 4.42. The van der Waals surface area contributed by atoms with E-state index < -0.39 is 12.7 Å². The Bertz CT molecular complexity index is 686. The van der Waals surface area contributed by atoms with Crippen LogP contribution >= 0.6 is 24.0 Å². The van der Waals surface area contributed by atoms with Crippen LogP contribution < -0.4 is 16.0 Å². The highest BCUT2D eigenvalue weighted by Crippen LogP contribution is 2.19. The number of hydrogen-bond donors (Lipinski definition) is 3. The number of carbonyl (C=O) groups excluding carboxylic acids is 1. The Hall–Kier alpha value is -1.63. The van der Waals surface area contributed by atoms with Gasteiger partial charge in [0, 0.05) is 37.8 Å². The summed E-state index contributed by atoms with van der Waals surface area (Å²) in [6, 6.07) is 5.26. The molecule has 2 rings (SSSR count). The normalized spacial score (nSPS) is 17.6. The van der Waals surface area contributed by atoms with Crippen molar-refractivity contribution in [3.63, 3.8) is 0 Å². The average molecular weight is 528 g/mol. The highest BCUT2D eigenvalue weighted by molar-refractivity contribution is 14.0. The summed E-state index contributed by atoms with van der Waals surface area (Å²) in [4.78, 5) is 21.9. The van der Waals surface area contributed by atoms with E-state index in [0.717, 1.165) is 5.69 Å². The van der Waals surface area contributed by atoms with Gasteiger partial charge in [0.05, 0.1) is 13.1 Å². The number of likely N-dealkylation sites (tertiary alicyclic amines) is 1. The third kappa shape index (κ3) is 10.1. The Labute approximate surface area is 185 Å². The van der Waals surface area contributed by atoms with Crippen molar-refractivity contribution < 1.29 is 18.0 Å². The zero-order chi connectivity index (χ0) is 20.6. The van der Waals surface area contributed by atoms with Crippen molar-refractivity contribution in [3.8, 4) is 0 Å². The van der Waals surface area contributed by atoms with Gasteiger partial charge in [0.2, 0.25) is 5.91 Å². The van der Waals surface area contributed by atoms with Crippen LogP contribution in [0.1, 0.15) is 25.5 Å². The van der Waals surface area contributed by atoms with Crippen molar-refractivity contribution in [2.24, 2.45) is 4.99 Å². The molecular formula is C18H28F3IN6O. The number of nitrogens with zero attached hydrogens (tertiary/aromatic N) is 3. The summed E-state index contributed by atoms with van der Waals surface area (Å²) in [7, 11) is 0. The molecule has 1 aromatic heterocycles. The van der Waals surface area contributed by atoms with Gasteiger partial charge >= 0.3 is 6.18 Å². The van der Waals surface area contributed by atoms with Crippen molar-refractivity contribution in [1.29, 1.82) is 0 Å². The average Bonchev–Trinajstić information content (AvgIpc) is 3.00. The van der Waals surface area contributed by atoms with Gasteiger partial charge in [-0.1, -0.05) is 6.07 Å². The molecule has 0 spiro atoms. The van der Waals surface area contributed by atoms with Crippen molar-refractivity contribution in [3.05, 3.63) is 23.9 Å². The molecule has 1 amide bonds. The summed E-state index contributed by atoms with van der Waals surface area (Å²) in [5, 5.41) is 8.92. The summed E-state index contributed by atoms with van der Waals surface area (Å²) in [5.74, 6) is 0.799. The van der Waals surface area contributed by atoms with E-state index in [4.69, 9.17) is 0 Å². The molecule has 2 heterocycles. The van der Waals surface area contributed by atoms with E-state index in [1.165, 1.54) is 4.90 Å². The molecule has 3 N–H and O–H groups in total. The molecule has 1 aliphatic heterocycles. The third-order valence-corrected chi connectivity index (χ3v) is 4.12. The van der Waals surface area contributed by atoms with E-state index in [1.807, 2.05) is 26.0 Å². The van der Waals surface area contributed by atoms with Gasteiger partial charge < -0.3 is 16.0 Å². The Morgan fingerprint density at radius 3 is 2.79 bits per heavy atom. The minimum absolute atomic E-state index is 0. The van der Waals surface area contributed by atoms with Crippen LogP contribution in [0.4, 0.5) is 19.0 Å². The number of aliphatic imine (C=N–C) groups is 1. The van der Waals surface area contributed by atoms with E-state index in [9.17, 15) is 18.0 Å². The van der Waals surface area contributed by atoms with Crippen molar-refractivity contribution in [1.82, 2.24) is 20.5 Å². The van der Waals surface area contributed by atoms with Crippen LogP contribution in [0.2, 0.25) is 0 Å². The van der Waals surface area contributed by atoms with E-state index in [0.29, 0.717) is 37.8 Å². The lowest BCUT2D eigenvalue weighted by Gasteiger charge is -2.19. The molecule has 1 fully saturated rings. The number of amides is 1. The molecule has 1 aliphatic rings. The van der Waals surface area contributed by atoms with Gasteiger partial charge in [-0.3, -0.25) is 14.7 Å². The molecule has 0 bridgehead atoms. The molecule has 1 unspecified atom stereocenters. The summed E-state index contributed by atoms with van der Waals surface area (Å²) in [6.07, 6.45) is -3.40. The number of halogens is 4. The van der Waals surface area contributed by atoms with Crippen molar-refractivity contribution in [2.45, 2.75) is 38.9 Å². The fraction of sp³-hybridized carbons (Fsp3) is 0.611. The summed E-state index contributed by atoms with van der Waals surface area (Å²) >= 11 is 0. The maximum Gasteiger partial charge on any atom is 0.401 e. The van der Waals surface area contributed by atoms with Gasteiger partial charge in [0.1, 0.15) is 5.82 Å². The zero-order valence-corrected chi connectivity index (χ0v) is 18.9. The SMILES string of the molecule is CCNC(=NCCC(=O)Nc1cccc(C)n1)NC1CCN(CC(F)(F)F)C1.I. The Kier molecular flexibility index (Phi) is 10.6. The molecule has 29 heavy (non-hydrogen) atoms. The second-order valence-corrected chi connectivity index (χ2v) is 6.70. The lowest BCUT2D eigenvalue weighted by molar-refractivity contribution is -0.143. The number of carbonyl (C=O) groups is 1. The van der Waals surface area contributed by atoms with Crippen LogP contribution in [0, 0.1) is 6.92 Å². The summed E-state index contributed by atoms with van der Waals surface area (Å²) in [5.41, 5.74) is 0.811. The fourth-order valence-electron chi connectivity index (χ4n) is 2.95. The van der Waals surface area contributed by atoms with Crippen LogP contribution in [0.3, 0.4) is 0 Å². The number of anilines is 1. The van der Waals surface area contributed by atoms with Gasteiger partial charge in [-0.2, -0.15) is 13.2 Å². The zero-order valence-electron chi connectivity index (χ0n) is 16.6. The number of rotatable bonds is 7. The van der Waals surface area contributed by atoms with Crippen molar-refractivity contribution >= 4 is 41.7 Å². The topological polar surface area (TPSA) is 81.6 Å². The predicted octanol–water partition coefficient (Wildman–Crippen LogP) is 2.53.